The third-order valence-corrected chi connectivity index (χ3v) is 13.2. The second kappa shape index (κ2) is 9.00. The molecular weight excluding hydrogens is 420 g/mol. The third kappa shape index (κ3) is 4.19. The predicted molar refractivity (Wildman–Crippen MR) is 140 cm³/mol. The first-order valence-corrected chi connectivity index (χ1v) is 14.5. The molecule has 3 heteroatoms. The fourth-order valence-corrected chi connectivity index (χ4v) is 11.5. The van der Waals surface area contributed by atoms with E-state index in [1.807, 2.05) is 0 Å². The van der Waals surface area contributed by atoms with Crippen LogP contribution in [0.3, 0.4) is 0 Å². The Morgan fingerprint density at radius 1 is 0.970 bits per heavy atom. The van der Waals surface area contributed by atoms with Crippen molar-refractivity contribution < 1.29 is 9.22 Å². The largest absolute Gasteiger partial charge is 0.404 e. The van der Waals surface area contributed by atoms with E-state index in [1.54, 1.807) is 0 Å². The summed E-state index contributed by atoms with van der Waals surface area (Å²) in [6, 6.07) is 21.8. The van der Waals surface area contributed by atoms with Crippen molar-refractivity contribution in [1.82, 2.24) is 0 Å². The highest BCUT2D eigenvalue weighted by molar-refractivity contribution is 6.99. The highest BCUT2D eigenvalue weighted by Gasteiger charge is 2.59. The molecule has 2 fully saturated rings. The predicted octanol–water partition coefficient (Wildman–Crippen LogP) is 6.29. The number of allylic oxidation sites excluding steroid dienone is 2. The molecule has 176 valence electrons. The Morgan fingerprint density at radius 3 is 2.00 bits per heavy atom. The Labute approximate surface area is 201 Å². The van der Waals surface area contributed by atoms with Gasteiger partial charge in [-0.2, -0.15) is 0 Å². The number of rotatable bonds is 5. The lowest BCUT2D eigenvalue weighted by Crippen LogP contribution is -2.69. The summed E-state index contributed by atoms with van der Waals surface area (Å²) in [7, 11) is -2.65. The second-order valence-electron chi connectivity index (χ2n) is 11.7. The van der Waals surface area contributed by atoms with Crippen LogP contribution < -0.4 is 10.4 Å². The first kappa shape index (κ1) is 24.2. The molecule has 0 unspecified atom stereocenters. The molecule has 2 aliphatic rings. The molecule has 0 amide bonds. The number of Topliss-reactive ketones (excluding diaryl/α,β-unsaturated/α-hetero) is 1. The fourth-order valence-electron chi connectivity index (χ4n) is 6.72. The minimum atomic E-state index is -2.65. The van der Waals surface area contributed by atoms with E-state index >= 15 is 0 Å². The number of hydrogen-bond acceptors (Lipinski definition) is 2. The van der Waals surface area contributed by atoms with Gasteiger partial charge < -0.3 is 4.43 Å². The van der Waals surface area contributed by atoms with Gasteiger partial charge in [-0.25, -0.2) is 0 Å². The van der Waals surface area contributed by atoms with Crippen LogP contribution in [0, 0.1) is 17.3 Å². The van der Waals surface area contributed by atoms with Gasteiger partial charge in [0, 0.05) is 17.8 Å². The van der Waals surface area contributed by atoms with Gasteiger partial charge in [0.25, 0.3) is 8.32 Å². The molecule has 0 spiro atoms. The van der Waals surface area contributed by atoms with E-state index in [4.69, 9.17) is 4.43 Å². The molecule has 0 radical (unpaired) electrons. The molecule has 2 saturated carbocycles. The van der Waals surface area contributed by atoms with Gasteiger partial charge in [0.15, 0.2) is 0 Å². The quantitative estimate of drug-likeness (QED) is 0.387. The van der Waals surface area contributed by atoms with Crippen molar-refractivity contribution in [2.24, 2.45) is 17.3 Å². The zero-order valence-corrected chi connectivity index (χ0v) is 22.2. The van der Waals surface area contributed by atoms with Crippen LogP contribution in [0.2, 0.25) is 5.04 Å². The monoisotopic (exact) mass is 460 g/mol. The van der Waals surface area contributed by atoms with Gasteiger partial charge in [-0.1, -0.05) is 100 Å². The molecular formula is C30H40O2Si. The van der Waals surface area contributed by atoms with Crippen molar-refractivity contribution in [1.29, 1.82) is 0 Å². The van der Waals surface area contributed by atoms with Gasteiger partial charge in [-0.05, 0) is 54.4 Å². The van der Waals surface area contributed by atoms with Crippen LogP contribution in [0.25, 0.3) is 0 Å². The summed E-state index contributed by atoms with van der Waals surface area (Å²) in [5.41, 5.74) is 1.20. The maximum Gasteiger partial charge on any atom is 0.261 e. The summed E-state index contributed by atoms with van der Waals surface area (Å²) in [6.07, 6.45) is 6.04. The molecule has 4 rings (SSSR count). The van der Waals surface area contributed by atoms with E-state index in [2.05, 4.69) is 108 Å². The van der Waals surface area contributed by atoms with E-state index < -0.39 is 8.32 Å². The fraction of sp³-hybridized carbons (Fsp3) is 0.500. The summed E-state index contributed by atoms with van der Waals surface area (Å²) in [5.74, 6) is 0.863. The zero-order chi connectivity index (χ0) is 23.9. The van der Waals surface area contributed by atoms with Crippen LogP contribution in [0.5, 0.6) is 0 Å². The average Bonchev–Trinajstić information content (AvgIpc) is 3.11. The van der Waals surface area contributed by atoms with Crippen LogP contribution >= 0.6 is 0 Å². The molecule has 0 aliphatic heterocycles. The van der Waals surface area contributed by atoms with Gasteiger partial charge in [0.1, 0.15) is 5.78 Å². The van der Waals surface area contributed by atoms with Crippen molar-refractivity contribution in [3.8, 4) is 0 Å². The van der Waals surface area contributed by atoms with Crippen molar-refractivity contribution in [2.45, 2.75) is 78.4 Å². The molecule has 2 aromatic rings. The van der Waals surface area contributed by atoms with Crippen LogP contribution in [-0.2, 0) is 9.22 Å². The van der Waals surface area contributed by atoms with E-state index in [9.17, 15) is 4.79 Å². The Hall–Kier alpha value is -1.97. The van der Waals surface area contributed by atoms with Crippen molar-refractivity contribution >= 4 is 24.5 Å². The lowest BCUT2D eigenvalue weighted by atomic mass is 9.65. The number of fused-ring (bicyclic) bond motifs is 1. The molecule has 2 aromatic carbocycles. The van der Waals surface area contributed by atoms with Crippen molar-refractivity contribution in [3.05, 3.63) is 72.3 Å². The third-order valence-electron chi connectivity index (χ3n) is 8.17. The lowest BCUT2D eigenvalue weighted by Gasteiger charge is -2.51. The Bertz CT molecular complexity index is 961. The maximum absolute atomic E-state index is 13.2. The van der Waals surface area contributed by atoms with E-state index in [0.717, 1.165) is 19.3 Å². The number of ketones is 1. The molecule has 0 saturated heterocycles. The first-order valence-electron chi connectivity index (χ1n) is 12.6. The lowest BCUT2D eigenvalue weighted by molar-refractivity contribution is -0.136. The smallest absolute Gasteiger partial charge is 0.261 e. The Morgan fingerprint density at radius 2 is 1.52 bits per heavy atom. The summed E-state index contributed by atoms with van der Waals surface area (Å²) >= 11 is 0. The number of benzene rings is 2. The number of carbonyl (C=O) groups is 1. The van der Waals surface area contributed by atoms with E-state index in [1.165, 1.54) is 15.9 Å². The van der Waals surface area contributed by atoms with Gasteiger partial charge in [0.2, 0.25) is 0 Å². The number of carbonyl (C=O) groups excluding carboxylic acids is 1. The maximum atomic E-state index is 13.2. The normalized spacial score (nSPS) is 27.8. The summed E-state index contributed by atoms with van der Waals surface area (Å²) < 4.78 is 7.60. The second-order valence-corrected chi connectivity index (χ2v) is 16.0. The molecule has 0 bridgehead atoms. The molecule has 2 nitrogen and oxygen atoms in total. The molecule has 2 aliphatic carbocycles. The van der Waals surface area contributed by atoms with Gasteiger partial charge in [-0.15, -0.1) is 0 Å². The van der Waals surface area contributed by atoms with Gasteiger partial charge in [-0.3, -0.25) is 4.79 Å². The first-order chi connectivity index (χ1) is 15.6. The van der Waals surface area contributed by atoms with Crippen molar-refractivity contribution in [3.63, 3.8) is 0 Å². The van der Waals surface area contributed by atoms with Crippen LogP contribution in [0.15, 0.2) is 72.3 Å². The standard InChI is InChI=1S/C30H40O2Si/c1-22(2)21-23-19-20-30(6)27(18-17-26(31)28(23)30)32-33(29(3,4)5,24-13-9-7-10-14-24)25-15-11-8-12-16-25/h7-16,21,23,27-28H,17-20H2,1-6H3/t23-,27+,28+,30-/m1/s1. The summed E-state index contributed by atoms with van der Waals surface area (Å²) in [6.45, 7) is 13.7. The van der Waals surface area contributed by atoms with Crippen molar-refractivity contribution in [2.75, 3.05) is 0 Å². The zero-order valence-electron chi connectivity index (χ0n) is 21.2. The van der Waals surface area contributed by atoms with Crippen LogP contribution in [0.4, 0.5) is 0 Å². The van der Waals surface area contributed by atoms with Crippen LogP contribution in [0.1, 0.15) is 67.2 Å². The van der Waals surface area contributed by atoms with Gasteiger partial charge in [0.05, 0.1) is 6.10 Å². The summed E-state index contributed by atoms with van der Waals surface area (Å²) in [4.78, 5) is 13.2. The SMILES string of the molecule is CC(C)=C[C@H]1CC[C@]2(C)[C@@H](O[Si](c3ccccc3)(c3ccccc3)C(C)(C)C)CCC(=O)[C@H]12. The van der Waals surface area contributed by atoms with E-state index in [0.29, 0.717) is 18.1 Å². The highest BCUT2D eigenvalue weighted by atomic mass is 28.4. The molecule has 4 atom stereocenters. The summed E-state index contributed by atoms with van der Waals surface area (Å²) in [5, 5.41) is 2.58. The number of hydrogen-bond donors (Lipinski definition) is 0. The molecule has 0 aromatic heterocycles. The highest BCUT2D eigenvalue weighted by Crippen LogP contribution is 2.56. The van der Waals surface area contributed by atoms with Crippen LogP contribution in [-0.4, -0.2) is 20.2 Å². The molecule has 33 heavy (non-hydrogen) atoms. The Balaban J connectivity index is 1.84. The van der Waals surface area contributed by atoms with E-state index in [-0.39, 0.29) is 22.5 Å². The molecule has 0 N–H and O–H groups in total. The molecule has 0 heterocycles. The minimum absolute atomic E-state index is 0.0546. The minimum Gasteiger partial charge on any atom is -0.404 e. The average molecular weight is 461 g/mol. The van der Waals surface area contributed by atoms with Gasteiger partial charge >= 0.3 is 0 Å². The Kier molecular flexibility index (Phi) is 6.59. The topological polar surface area (TPSA) is 26.3 Å².